The molecule has 1 heterocycles. The van der Waals surface area contributed by atoms with Crippen molar-refractivity contribution in [1.29, 1.82) is 0 Å². The quantitative estimate of drug-likeness (QED) is 0.811. The zero-order chi connectivity index (χ0) is 15.0. The number of methoxy groups -OCH3 is 1. The van der Waals surface area contributed by atoms with E-state index >= 15 is 0 Å². The molecule has 0 fully saturated rings. The molecule has 0 spiro atoms. The van der Waals surface area contributed by atoms with Crippen LogP contribution in [0.5, 0.6) is 0 Å². The number of fused-ring (bicyclic) bond motifs is 1. The van der Waals surface area contributed by atoms with Gasteiger partial charge in [0.1, 0.15) is 0 Å². The molecule has 1 aromatic heterocycles. The number of ether oxygens (including phenoxy) is 1. The van der Waals surface area contributed by atoms with Crippen molar-refractivity contribution >= 4 is 17.3 Å². The zero-order valence-electron chi connectivity index (χ0n) is 11.5. The molecule has 0 bridgehead atoms. The third-order valence-corrected chi connectivity index (χ3v) is 3.41. The number of ketones is 3. The van der Waals surface area contributed by atoms with Crippen LogP contribution in [0.2, 0.25) is 0 Å². The summed E-state index contributed by atoms with van der Waals surface area (Å²) >= 11 is 0. The SMILES string of the molecule is CCC(=O)c1[nH]c2c(c1CO)C(=O)C(OC)=C(C)C2=O. The number of H-pyrrole nitrogens is 1. The number of aliphatic hydroxyl groups is 1. The van der Waals surface area contributed by atoms with E-state index in [-0.39, 0.29) is 46.1 Å². The van der Waals surface area contributed by atoms with Crippen molar-refractivity contribution < 1.29 is 24.2 Å². The average molecular weight is 277 g/mol. The Balaban J connectivity index is 2.72. The van der Waals surface area contributed by atoms with Crippen molar-refractivity contribution in [2.24, 2.45) is 0 Å². The number of aliphatic hydroxyl groups excluding tert-OH is 1. The summed E-state index contributed by atoms with van der Waals surface area (Å²) in [6.07, 6.45) is 0.207. The highest BCUT2D eigenvalue weighted by Crippen LogP contribution is 2.31. The second-order valence-corrected chi connectivity index (χ2v) is 4.48. The van der Waals surface area contributed by atoms with Gasteiger partial charge >= 0.3 is 0 Å². The zero-order valence-corrected chi connectivity index (χ0v) is 11.5. The number of aromatic nitrogens is 1. The number of allylic oxidation sites excluding steroid dienone is 2. The fourth-order valence-electron chi connectivity index (χ4n) is 2.35. The summed E-state index contributed by atoms with van der Waals surface area (Å²) in [5.74, 6) is -1.20. The first kappa shape index (κ1) is 14.2. The molecule has 20 heavy (non-hydrogen) atoms. The number of carbonyl (C=O) groups excluding carboxylic acids is 3. The Morgan fingerprint density at radius 3 is 2.45 bits per heavy atom. The Hall–Kier alpha value is -2.21. The predicted molar refractivity (Wildman–Crippen MR) is 69.7 cm³/mol. The van der Waals surface area contributed by atoms with Crippen molar-refractivity contribution in [3.8, 4) is 0 Å². The van der Waals surface area contributed by atoms with Gasteiger partial charge in [-0.2, -0.15) is 0 Å². The molecule has 0 saturated heterocycles. The number of aromatic amines is 1. The second-order valence-electron chi connectivity index (χ2n) is 4.48. The minimum atomic E-state index is -0.498. The van der Waals surface area contributed by atoms with Gasteiger partial charge in [-0.3, -0.25) is 14.4 Å². The maximum Gasteiger partial charge on any atom is 0.230 e. The Kier molecular flexibility index (Phi) is 3.59. The fourth-order valence-corrected chi connectivity index (χ4v) is 2.35. The molecular formula is C14H15NO5. The number of hydrogen-bond donors (Lipinski definition) is 2. The van der Waals surface area contributed by atoms with E-state index in [9.17, 15) is 19.5 Å². The van der Waals surface area contributed by atoms with Gasteiger partial charge in [0.15, 0.2) is 11.5 Å². The van der Waals surface area contributed by atoms with Crippen LogP contribution < -0.4 is 0 Å². The van der Waals surface area contributed by atoms with Crippen LogP contribution in [0.25, 0.3) is 0 Å². The smallest absolute Gasteiger partial charge is 0.230 e. The van der Waals surface area contributed by atoms with Crippen molar-refractivity contribution in [2.75, 3.05) is 7.11 Å². The molecule has 1 aliphatic carbocycles. The number of Topliss-reactive ketones (excluding diaryl/α,β-unsaturated/α-hetero) is 3. The maximum absolute atomic E-state index is 12.3. The Bertz CT molecular complexity index is 651. The van der Waals surface area contributed by atoms with Gasteiger partial charge in [0.2, 0.25) is 11.6 Å². The van der Waals surface area contributed by atoms with E-state index in [0.29, 0.717) is 0 Å². The lowest BCUT2D eigenvalue weighted by molar-refractivity contribution is 0.0902. The molecule has 106 valence electrons. The van der Waals surface area contributed by atoms with Gasteiger partial charge in [0.05, 0.1) is 30.7 Å². The van der Waals surface area contributed by atoms with Gasteiger partial charge in [0, 0.05) is 17.6 Å². The standard InChI is InChI=1S/C14H15NO5/c1-4-8(17)10-7(5-16)9-11(15-10)12(18)6(2)14(20-3)13(9)19/h15-16H,4-5H2,1-3H3. The van der Waals surface area contributed by atoms with E-state index in [2.05, 4.69) is 4.98 Å². The molecule has 1 aliphatic rings. The van der Waals surface area contributed by atoms with E-state index in [1.54, 1.807) is 6.92 Å². The van der Waals surface area contributed by atoms with Gasteiger partial charge < -0.3 is 14.8 Å². The molecule has 0 radical (unpaired) electrons. The number of carbonyl (C=O) groups is 3. The van der Waals surface area contributed by atoms with Crippen LogP contribution in [0, 0.1) is 0 Å². The monoisotopic (exact) mass is 277 g/mol. The van der Waals surface area contributed by atoms with E-state index < -0.39 is 18.2 Å². The molecule has 0 amide bonds. The van der Waals surface area contributed by atoms with Crippen molar-refractivity contribution in [2.45, 2.75) is 26.9 Å². The first-order valence-corrected chi connectivity index (χ1v) is 6.21. The molecule has 0 atom stereocenters. The van der Waals surface area contributed by atoms with E-state index in [0.717, 1.165) is 0 Å². The minimum Gasteiger partial charge on any atom is -0.492 e. The molecule has 2 N–H and O–H groups in total. The summed E-state index contributed by atoms with van der Waals surface area (Å²) in [5, 5.41) is 9.44. The molecule has 1 aromatic rings. The average Bonchev–Trinajstić information content (AvgIpc) is 2.84. The van der Waals surface area contributed by atoms with Crippen LogP contribution in [0.1, 0.15) is 57.2 Å². The summed E-state index contributed by atoms with van der Waals surface area (Å²) < 4.78 is 4.97. The minimum absolute atomic E-state index is 0.0387. The Morgan fingerprint density at radius 1 is 1.30 bits per heavy atom. The molecule has 0 aliphatic heterocycles. The molecule has 6 heteroatoms. The molecule has 0 saturated carbocycles. The molecule has 0 aromatic carbocycles. The highest BCUT2D eigenvalue weighted by molar-refractivity contribution is 6.26. The lowest BCUT2D eigenvalue weighted by Gasteiger charge is -2.15. The number of hydrogen-bond acceptors (Lipinski definition) is 5. The van der Waals surface area contributed by atoms with Crippen LogP contribution in [-0.4, -0.2) is 34.6 Å². The van der Waals surface area contributed by atoms with Gasteiger partial charge in [-0.25, -0.2) is 0 Å². The third-order valence-electron chi connectivity index (χ3n) is 3.41. The lowest BCUT2D eigenvalue weighted by Crippen LogP contribution is -2.22. The third kappa shape index (κ3) is 1.80. The maximum atomic E-state index is 12.3. The summed E-state index contributed by atoms with van der Waals surface area (Å²) in [6.45, 7) is 2.65. The van der Waals surface area contributed by atoms with E-state index in [1.807, 2.05) is 0 Å². The van der Waals surface area contributed by atoms with Crippen molar-refractivity contribution in [3.63, 3.8) is 0 Å². The lowest BCUT2D eigenvalue weighted by atomic mass is 9.91. The normalized spacial score (nSPS) is 14.6. The molecule has 6 nitrogen and oxygen atoms in total. The van der Waals surface area contributed by atoms with Crippen LogP contribution >= 0.6 is 0 Å². The van der Waals surface area contributed by atoms with Crippen LogP contribution in [0.15, 0.2) is 11.3 Å². The topological polar surface area (TPSA) is 96.5 Å². The van der Waals surface area contributed by atoms with Gasteiger partial charge in [0.25, 0.3) is 0 Å². The predicted octanol–water partition coefficient (Wildman–Crippen LogP) is 1.40. The van der Waals surface area contributed by atoms with Crippen LogP contribution in [-0.2, 0) is 11.3 Å². The first-order valence-electron chi connectivity index (χ1n) is 6.21. The number of nitrogens with one attached hydrogen (secondary N) is 1. The fraction of sp³-hybridized carbons (Fsp3) is 0.357. The van der Waals surface area contributed by atoms with Crippen molar-refractivity contribution in [3.05, 3.63) is 33.8 Å². The van der Waals surface area contributed by atoms with Crippen LogP contribution in [0.4, 0.5) is 0 Å². The second kappa shape index (κ2) is 5.05. The largest absolute Gasteiger partial charge is 0.492 e. The molecule has 0 unspecified atom stereocenters. The van der Waals surface area contributed by atoms with Gasteiger partial charge in [-0.15, -0.1) is 0 Å². The summed E-state index contributed by atoms with van der Waals surface area (Å²) in [7, 11) is 1.30. The number of rotatable bonds is 4. The highest BCUT2D eigenvalue weighted by Gasteiger charge is 2.36. The summed E-state index contributed by atoms with van der Waals surface area (Å²) in [5.41, 5.74) is 0.552. The summed E-state index contributed by atoms with van der Waals surface area (Å²) in [4.78, 5) is 39.1. The van der Waals surface area contributed by atoms with Gasteiger partial charge in [-0.05, 0) is 6.92 Å². The molecule has 2 rings (SSSR count). The van der Waals surface area contributed by atoms with Gasteiger partial charge in [-0.1, -0.05) is 6.92 Å². The van der Waals surface area contributed by atoms with Crippen molar-refractivity contribution in [1.82, 2.24) is 4.98 Å². The molecular weight excluding hydrogens is 262 g/mol. The van der Waals surface area contributed by atoms with E-state index in [4.69, 9.17) is 4.74 Å². The van der Waals surface area contributed by atoms with Crippen LogP contribution in [0.3, 0.4) is 0 Å². The summed E-state index contributed by atoms with van der Waals surface area (Å²) in [6, 6.07) is 0. The first-order chi connectivity index (χ1) is 9.47. The van der Waals surface area contributed by atoms with E-state index in [1.165, 1.54) is 14.0 Å². The Morgan fingerprint density at radius 2 is 1.95 bits per heavy atom. The highest BCUT2D eigenvalue weighted by atomic mass is 16.5. The Labute approximate surface area is 115 Å².